The van der Waals surface area contributed by atoms with E-state index in [1.54, 1.807) is 36.0 Å². The highest BCUT2D eigenvalue weighted by Crippen LogP contribution is 2.16. The van der Waals surface area contributed by atoms with Crippen LogP contribution >= 0.6 is 11.8 Å². The number of rotatable bonds is 9. The second-order valence-electron chi connectivity index (χ2n) is 6.65. The van der Waals surface area contributed by atoms with Crippen LogP contribution in [-0.2, 0) is 14.3 Å². The molecule has 7 heteroatoms. The van der Waals surface area contributed by atoms with Crippen molar-refractivity contribution in [3.05, 3.63) is 65.2 Å². The molecule has 2 aromatic carbocycles. The third-order valence-electron chi connectivity index (χ3n) is 4.25. The van der Waals surface area contributed by atoms with Crippen molar-refractivity contribution in [3.8, 4) is 0 Å². The minimum absolute atomic E-state index is 0.353. The predicted octanol–water partition coefficient (Wildman–Crippen LogP) is 3.34. The van der Waals surface area contributed by atoms with Crippen LogP contribution in [0.1, 0.15) is 27.9 Å². The van der Waals surface area contributed by atoms with Gasteiger partial charge in [-0.05, 0) is 61.6 Å². The van der Waals surface area contributed by atoms with Crippen LogP contribution in [0, 0.1) is 13.8 Å². The lowest BCUT2D eigenvalue weighted by atomic mass is 10.1. The molecule has 0 aromatic heterocycles. The van der Waals surface area contributed by atoms with Gasteiger partial charge in [-0.15, -0.1) is 0 Å². The Morgan fingerprint density at radius 2 is 1.79 bits per heavy atom. The lowest BCUT2D eigenvalue weighted by Gasteiger charge is -2.17. The second-order valence-corrected chi connectivity index (χ2v) is 7.63. The first kappa shape index (κ1) is 22.5. The molecule has 0 fully saturated rings. The van der Waals surface area contributed by atoms with Gasteiger partial charge in [-0.1, -0.05) is 30.3 Å². The van der Waals surface area contributed by atoms with Crippen molar-refractivity contribution >= 4 is 35.2 Å². The molecule has 0 aliphatic heterocycles. The smallest absolute Gasteiger partial charge is 0.329 e. The van der Waals surface area contributed by atoms with Crippen LogP contribution in [0.2, 0.25) is 0 Å². The number of ether oxygens (including phenoxy) is 1. The third kappa shape index (κ3) is 7.27. The van der Waals surface area contributed by atoms with Crippen molar-refractivity contribution in [3.63, 3.8) is 0 Å². The molecule has 0 radical (unpaired) electrons. The molecule has 2 rings (SSSR count). The number of thioether (sulfide) groups is 1. The minimum Gasteiger partial charge on any atom is -0.454 e. The molecule has 0 spiro atoms. The van der Waals surface area contributed by atoms with E-state index in [2.05, 4.69) is 10.6 Å². The van der Waals surface area contributed by atoms with Gasteiger partial charge < -0.3 is 15.4 Å². The Balaban J connectivity index is 1.93. The van der Waals surface area contributed by atoms with Crippen LogP contribution in [0.5, 0.6) is 0 Å². The highest BCUT2D eigenvalue weighted by Gasteiger charge is 2.23. The highest BCUT2D eigenvalue weighted by molar-refractivity contribution is 7.98. The molecule has 154 valence electrons. The number of carbonyl (C=O) groups excluding carboxylic acids is 3. The monoisotopic (exact) mass is 414 g/mol. The predicted molar refractivity (Wildman–Crippen MR) is 116 cm³/mol. The zero-order chi connectivity index (χ0) is 21.2. The fourth-order valence-electron chi connectivity index (χ4n) is 2.61. The van der Waals surface area contributed by atoms with Gasteiger partial charge in [-0.25, -0.2) is 4.79 Å². The molecule has 0 aliphatic carbocycles. The van der Waals surface area contributed by atoms with E-state index in [0.717, 1.165) is 11.1 Å². The number of carbonyl (C=O) groups is 3. The summed E-state index contributed by atoms with van der Waals surface area (Å²) >= 11 is 1.56. The molecule has 1 atom stereocenters. The van der Waals surface area contributed by atoms with Gasteiger partial charge in [0, 0.05) is 11.3 Å². The van der Waals surface area contributed by atoms with Gasteiger partial charge in [0.05, 0.1) is 0 Å². The van der Waals surface area contributed by atoms with Gasteiger partial charge in [-0.3, -0.25) is 9.59 Å². The van der Waals surface area contributed by atoms with Crippen molar-refractivity contribution in [1.82, 2.24) is 5.32 Å². The Kier molecular flexibility index (Phi) is 8.73. The molecular formula is C22H26N2O4S. The topological polar surface area (TPSA) is 84.5 Å². The number of hydrogen-bond acceptors (Lipinski definition) is 5. The summed E-state index contributed by atoms with van der Waals surface area (Å²) in [4.78, 5) is 37.0. The zero-order valence-corrected chi connectivity index (χ0v) is 17.7. The number of esters is 1. The van der Waals surface area contributed by atoms with Gasteiger partial charge in [0.1, 0.15) is 6.04 Å². The molecule has 0 saturated carbocycles. The van der Waals surface area contributed by atoms with E-state index in [1.807, 2.05) is 44.4 Å². The Morgan fingerprint density at radius 3 is 2.48 bits per heavy atom. The largest absolute Gasteiger partial charge is 0.454 e. The first-order valence-electron chi connectivity index (χ1n) is 9.29. The van der Waals surface area contributed by atoms with E-state index < -0.39 is 24.5 Å². The van der Waals surface area contributed by atoms with E-state index in [0.29, 0.717) is 23.4 Å². The van der Waals surface area contributed by atoms with E-state index in [1.165, 1.54) is 0 Å². The van der Waals surface area contributed by atoms with Crippen LogP contribution in [0.4, 0.5) is 5.69 Å². The minimum atomic E-state index is -0.816. The van der Waals surface area contributed by atoms with Crippen LogP contribution in [0.15, 0.2) is 48.5 Å². The molecule has 0 heterocycles. The molecule has 2 aromatic rings. The van der Waals surface area contributed by atoms with Gasteiger partial charge in [-0.2, -0.15) is 11.8 Å². The van der Waals surface area contributed by atoms with Crippen LogP contribution in [0.3, 0.4) is 0 Å². The van der Waals surface area contributed by atoms with Crippen molar-refractivity contribution < 1.29 is 19.1 Å². The summed E-state index contributed by atoms with van der Waals surface area (Å²) in [6.45, 7) is 3.41. The fourth-order valence-corrected chi connectivity index (χ4v) is 3.08. The zero-order valence-electron chi connectivity index (χ0n) is 16.9. The molecule has 0 saturated heterocycles. The maximum Gasteiger partial charge on any atom is 0.329 e. The van der Waals surface area contributed by atoms with E-state index in [-0.39, 0.29) is 5.91 Å². The molecular weight excluding hydrogens is 388 g/mol. The summed E-state index contributed by atoms with van der Waals surface area (Å²) in [5.74, 6) is -0.734. The average molecular weight is 415 g/mol. The SMILES string of the molecule is CSCC[C@@H](NC(=O)c1ccccc1)C(=O)OCC(=O)Nc1cc(C)ccc1C. The Hall–Kier alpha value is -2.80. The van der Waals surface area contributed by atoms with Crippen LogP contribution < -0.4 is 10.6 Å². The first-order valence-corrected chi connectivity index (χ1v) is 10.7. The molecule has 2 N–H and O–H groups in total. The lowest BCUT2D eigenvalue weighted by Crippen LogP contribution is -2.43. The summed E-state index contributed by atoms with van der Waals surface area (Å²) in [6.07, 6.45) is 2.33. The summed E-state index contributed by atoms with van der Waals surface area (Å²) in [5, 5.41) is 5.45. The maximum atomic E-state index is 12.5. The normalized spacial score (nSPS) is 11.4. The lowest BCUT2D eigenvalue weighted by molar-refractivity contribution is -0.149. The van der Waals surface area contributed by atoms with E-state index >= 15 is 0 Å². The fraction of sp³-hybridized carbons (Fsp3) is 0.318. The number of aryl methyl sites for hydroxylation is 2. The Morgan fingerprint density at radius 1 is 1.07 bits per heavy atom. The molecule has 0 unspecified atom stereocenters. The summed E-state index contributed by atoms with van der Waals surface area (Å²) in [5.41, 5.74) is 3.08. The average Bonchev–Trinajstić information content (AvgIpc) is 2.72. The molecule has 0 aliphatic rings. The van der Waals surface area contributed by atoms with Gasteiger partial charge >= 0.3 is 5.97 Å². The summed E-state index contributed by atoms with van der Waals surface area (Å²) in [7, 11) is 0. The summed E-state index contributed by atoms with van der Waals surface area (Å²) < 4.78 is 5.17. The molecule has 2 amide bonds. The van der Waals surface area contributed by atoms with E-state index in [9.17, 15) is 14.4 Å². The summed E-state index contributed by atoms with van der Waals surface area (Å²) in [6, 6.07) is 13.6. The highest BCUT2D eigenvalue weighted by atomic mass is 32.2. The maximum absolute atomic E-state index is 12.5. The number of hydrogen-bond donors (Lipinski definition) is 2. The molecule has 0 bridgehead atoms. The molecule has 6 nitrogen and oxygen atoms in total. The van der Waals surface area contributed by atoms with Crippen LogP contribution in [0.25, 0.3) is 0 Å². The number of anilines is 1. The second kappa shape index (κ2) is 11.3. The van der Waals surface area contributed by atoms with Gasteiger partial charge in [0.15, 0.2) is 6.61 Å². The number of benzene rings is 2. The van der Waals surface area contributed by atoms with Crippen molar-refractivity contribution in [2.75, 3.05) is 23.9 Å². The van der Waals surface area contributed by atoms with Gasteiger partial charge in [0.25, 0.3) is 11.8 Å². The Labute approximate surface area is 175 Å². The van der Waals surface area contributed by atoms with Crippen molar-refractivity contribution in [2.45, 2.75) is 26.3 Å². The van der Waals surface area contributed by atoms with E-state index in [4.69, 9.17) is 4.74 Å². The standard InChI is InChI=1S/C22H26N2O4S/c1-15-9-10-16(2)19(13-15)23-20(25)14-28-22(27)18(11-12-29-3)24-21(26)17-7-5-4-6-8-17/h4-10,13,18H,11-12,14H2,1-3H3,(H,23,25)(H,24,26)/t18-/m1/s1. The van der Waals surface area contributed by atoms with Crippen molar-refractivity contribution in [2.24, 2.45) is 0 Å². The van der Waals surface area contributed by atoms with Crippen molar-refractivity contribution in [1.29, 1.82) is 0 Å². The Bertz CT molecular complexity index is 855. The molecule has 29 heavy (non-hydrogen) atoms. The third-order valence-corrected chi connectivity index (χ3v) is 4.89. The number of amides is 2. The van der Waals surface area contributed by atoms with Gasteiger partial charge in [0.2, 0.25) is 0 Å². The first-order chi connectivity index (χ1) is 13.9. The van der Waals surface area contributed by atoms with Crippen LogP contribution in [-0.4, -0.2) is 42.4 Å². The number of nitrogens with one attached hydrogen (secondary N) is 2. The quantitative estimate of drug-likeness (QED) is 0.615.